The number of thiocarbonyl (C=S) groups is 1. The van der Waals surface area contributed by atoms with Crippen LogP contribution in [0, 0.1) is 5.82 Å². The highest BCUT2D eigenvalue weighted by molar-refractivity contribution is 7.80. The normalized spacial score (nSPS) is 11.2. The molecule has 0 aliphatic heterocycles. The van der Waals surface area contributed by atoms with E-state index in [2.05, 4.69) is 15.8 Å². The summed E-state index contributed by atoms with van der Waals surface area (Å²) in [5, 5.41) is 7.61. The maximum atomic E-state index is 12.8. The van der Waals surface area contributed by atoms with Crippen molar-refractivity contribution in [1.82, 2.24) is 10.7 Å². The van der Waals surface area contributed by atoms with E-state index in [4.69, 9.17) is 17.0 Å². The van der Waals surface area contributed by atoms with E-state index in [0.717, 1.165) is 17.7 Å². The van der Waals surface area contributed by atoms with Crippen LogP contribution in [0.2, 0.25) is 0 Å². The van der Waals surface area contributed by atoms with Crippen LogP contribution < -0.4 is 10.7 Å². The van der Waals surface area contributed by atoms with E-state index in [1.54, 1.807) is 19.2 Å². The molecular formula is C13H18FN3OS. The summed E-state index contributed by atoms with van der Waals surface area (Å²) in [6, 6.07) is 6.22. The van der Waals surface area contributed by atoms with Crippen molar-refractivity contribution in [2.24, 2.45) is 5.10 Å². The number of benzene rings is 1. The number of ether oxygens (including phenoxy) is 1. The number of hydrogen-bond donors (Lipinski definition) is 2. The van der Waals surface area contributed by atoms with E-state index in [1.165, 1.54) is 12.1 Å². The molecule has 0 radical (unpaired) electrons. The summed E-state index contributed by atoms with van der Waals surface area (Å²) < 4.78 is 17.7. The van der Waals surface area contributed by atoms with Crippen LogP contribution in [0.3, 0.4) is 0 Å². The van der Waals surface area contributed by atoms with Gasteiger partial charge in [-0.15, -0.1) is 0 Å². The molecule has 0 bridgehead atoms. The number of hydrazone groups is 1. The van der Waals surface area contributed by atoms with Crippen LogP contribution >= 0.6 is 12.2 Å². The molecule has 19 heavy (non-hydrogen) atoms. The minimum atomic E-state index is -0.260. The van der Waals surface area contributed by atoms with Gasteiger partial charge in [0.25, 0.3) is 0 Å². The van der Waals surface area contributed by atoms with Gasteiger partial charge in [-0.2, -0.15) is 5.10 Å². The first-order valence-corrected chi connectivity index (χ1v) is 6.43. The fourth-order valence-corrected chi connectivity index (χ4v) is 1.56. The van der Waals surface area contributed by atoms with Gasteiger partial charge in [-0.05, 0) is 36.3 Å². The van der Waals surface area contributed by atoms with Crippen LogP contribution in [0.5, 0.6) is 0 Å². The summed E-state index contributed by atoms with van der Waals surface area (Å²) in [7, 11) is 1.63. The second-order valence-corrected chi connectivity index (χ2v) is 4.19. The van der Waals surface area contributed by atoms with Gasteiger partial charge in [0.1, 0.15) is 5.82 Å². The summed E-state index contributed by atoms with van der Waals surface area (Å²) in [5.74, 6) is -0.260. The lowest BCUT2D eigenvalue weighted by atomic mass is 10.1. The lowest BCUT2D eigenvalue weighted by Crippen LogP contribution is -2.34. The first-order chi connectivity index (χ1) is 9.17. The van der Waals surface area contributed by atoms with Crippen LogP contribution in [0.4, 0.5) is 4.39 Å². The fraction of sp³-hybridized carbons (Fsp3) is 0.385. The lowest BCUT2D eigenvalue weighted by Gasteiger charge is -2.08. The van der Waals surface area contributed by atoms with Gasteiger partial charge in [0.15, 0.2) is 5.11 Å². The zero-order chi connectivity index (χ0) is 14.1. The van der Waals surface area contributed by atoms with E-state index in [-0.39, 0.29) is 5.82 Å². The summed E-state index contributed by atoms with van der Waals surface area (Å²) in [5.41, 5.74) is 4.45. The van der Waals surface area contributed by atoms with E-state index >= 15 is 0 Å². The predicted molar refractivity (Wildman–Crippen MR) is 78.8 cm³/mol. The third-order valence-corrected chi connectivity index (χ3v) is 2.63. The molecule has 0 unspecified atom stereocenters. The van der Waals surface area contributed by atoms with E-state index in [9.17, 15) is 4.39 Å². The third-order valence-electron chi connectivity index (χ3n) is 2.40. The number of hydrogen-bond acceptors (Lipinski definition) is 3. The Morgan fingerprint density at radius 3 is 2.63 bits per heavy atom. The molecule has 1 aromatic carbocycles. The number of rotatable bonds is 6. The minimum Gasteiger partial charge on any atom is -0.383 e. The van der Waals surface area contributed by atoms with E-state index < -0.39 is 0 Å². The molecule has 4 nitrogen and oxygen atoms in total. The molecule has 0 aliphatic rings. The van der Waals surface area contributed by atoms with Crippen molar-refractivity contribution in [2.75, 3.05) is 20.3 Å². The van der Waals surface area contributed by atoms with Gasteiger partial charge >= 0.3 is 0 Å². The fourth-order valence-electron chi connectivity index (χ4n) is 1.41. The minimum absolute atomic E-state index is 0.260. The topological polar surface area (TPSA) is 45.7 Å². The molecule has 1 aromatic rings. The third kappa shape index (κ3) is 5.76. The summed E-state index contributed by atoms with van der Waals surface area (Å²) in [6.45, 7) is 3.17. The summed E-state index contributed by atoms with van der Waals surface area (Å²) >= 11 is 5.06. The molecule has 104 valence electrons. The van der Waals surface area contributed by atoms with Gasteiger partial charge in [0, 0.05) is 13.7 Å². The predicted octanol–water partition coefficient (Wildman–Crippen LogP) is 2.05. The quantitative estimate of drug-likeness (QED) is 0.363. The molecule has 0 fully saturated rings. The van der Waals surface area contributed by atoms with Gasteiger partial charge in [-0.3, -0.25) is 5.43 Å². The molecule has 1 rings (SSSR count). The highest BCUT2D eigenvalue weighted by Gasteiger charge is 2.02. The van der Waals surface area contributed by atoms with Crippen molar-refractivity contribution in [2.45, 2.75) is 13.3 Å². The van der Waals surface area contributed by atoms with Crippen molar-refractivity contribution in [3.05, 3.63) is 35.6 Å². The van der Waals surface area contributed by atoms with Gasteiger partial charge < -0.3 is 10.1 Å². The van der Waals surface area contributed by atoms with Crippen molar-refractivity contribution in [3.8, 4) is 0 Å². The average molecular weight is 283 g/mol. The Kier molecular flexibility index (Phi) is 6.99. The van der Waals surface area contributed by atoms with Crippen molar-refractivity contribution in [1.29, 1.82) is 0 Å². The molecular weight excluding hydrogens is 265 g/mol. The Balaban J connectivity index is 2.57. The van der Waals surface area contributed by atoms with Crippen LogP contribution in [0.25, 0.3) is 0 Å². The highest BCUT2D eigenvalue weighted by atomic mass is 32.1. The zero-order valence-electron chi connectivity index (χ0n) is 11.1. The van der Waals surface area contributed by atoms with Gasteiger partial charge in [-0.1, -0.05) is 19.1 Å². The number of nitrogens with zero attached hydrogens (tertiary/aromatic N) is 1. The maximum Gasteiger partial charge on any atom is 0.187 e. The van der Waals surface area contributed by atoms with Crippen LogP contribution in [0.1, 0.15) is 18.9 Å². The smallest absolute Gasteiger partial charge is 0.187 e. The molecule has 0 saturated heterocycles. The molecule has 2 N–H and O–H groups in total. The Labute approximate surface area is 118 Å². The summed E-state index contributed by atoms with van der Waals surface area (Å²) in [6.07, 6.45) is 0.722. The SMILES string of the molecule is CC/C(=N\NC(=S)NCCOC)c1ccc(F)cc1. The van der Waals surface area contributed by atoms with Crippen LogP contribution in [0.15, 0.2) is 29.4 Å². The molecule has 0 aromatic heterocycles. The van der Waals surface area contributed by atoms with E-state index in [1.807, 2.05) is 6.92 Å². The second kappa shape index (κ2) is 8.55. The number of nitrogens with one attached hydrogen (secondary N) is 2. The largest absolute Gasteiger partial charge is 0.383 e. The van der Waals surface area contributed by atoms with Crippen molar-refractivity contribution < 1.29 is 9.13 Å². The second-order valence-electron chi connectivity index (χ2n) is 3.78. The maximum absolute atomic E-state index is 12.8. The molecule has 6 heteroatoms. The van der Waals surface area contributed by atoms with Crippen molar-refractivity contribution in [3.63, 3.8) is 0 Å². The molecule has 0 atom stereocenters. The Bertz CT molecular complexity index is 434. The monoisotopic (exact) mass is 283 g/mol. The van der Waals surface area contributed by atoms with Gasteiger partial charge in [0.05, 0.1) is 12.3 Å². The van der Waals surface area contributed by atoms with E-state index in [0.29, 0.717) is 18.3 Å². The van der Waals surface area contributed by atoms with Gasteiger partial charge in [0.2, 0.25) is 0 Å². The zero-order valence-corrected chi connectivity index (χ0v) is 11.9. The Morgan fingerprint density at radius 2 is 2.05 bits per heavy atom. The molecule has 0 aliphatic carbocycles. The molecule has 0 spiro atoms. The first kappa shape index (κ1) is 15.5. The number of halogens is 1. The van der Waals surface area contributed by atoms with Crippen molar-refractivity contribution >= 4 is 23.0 Å². The lowest BCUT2D eigenvalue weighted by molar-refractivity contribution is 0.204. The van der Waals surface area contributed by atoms with Crippen LogP contribution in [-0.4, -0.2) is 31.1 Å². The molecule has 0 saturated carbocycles. The average Bonchev–Trinajstić information content (AvgIpc) is 2.41. The Hall–Kier alpha value is -1.53. The van der Waals surface area contributed by atoms with Crippen LogP contribution in [-0.2, 0) is 4.74 Å². The Morgan fingerprint density at radius 1 is 1.37 bits per heavy atom. The standard InChI is InChI=1S/C13H18FN3OS/c1-3-12(10-4-6-11(14)7-5-10)16-17-13(19)15-8-9-18-2/h4-7H,3,8-9H2,1-2H3,(H2,15,17,19)/b16-12+. The number of methoxy groups -OCH3 is 1. The molecule has 0 amide bonds. The molecule has 0 heterocycles. The first-order valence-electron chi connectivity index (χ1n) is 6.02. The summed E-state index contributed by atoms with van der Waals surface area (Å²) in [4.78, 5) is 0. The highest BCUT2D eigenvalue weighted by Crippen LogP contribution is 2.06. The van der Waals surface area contributed by atoms with Gasteiger partial charge in [-0.25, -0.2) is 4.39 Å².